The number of hydrogen-bond donors (Lipinski definition) is 5. The zero-order valence-corrected chi connectivity index (χ0v) is 21.1. The maximum atomic E-state index is 15.1. The molecule has 0 saturated carbocycles. The van der Waals surface area contributed by atoms with E-state index in [-0.39, 0.29) is 17.2 Å². The lowest BCUT2D eigenvalue weighted by Gasteiger charge is -2.42. The fraction of sp³-hybridized carbons (Fsp3) is 0.500. The molecule has 0 aromatic carbocycles. The van der Waals surface area contributed by atoms with Crippen molar-refractivity contribution < 1.29 is 19.1 Å². The molecule has 0 radical (unpaired) electrons. The first-order valence-corrected chi connectivity index (χ1v) is 11.5. The molecule has 0 saturated heterocycles. The molecule has 2 amide bonds. The number of anilines is 3. The maximum absolute atomic E-state index is 15.1. The Labute approximate surface area is 205 Å². The summed E-state index contributed by atoms with van der Waals surface area (Å²) in [6.07, 6.45) is 1.54. The number of carbonyl (C=O) groups is 2. The summed E-state index contributed by atoms with van der Waals surface area (Å²) in [4.78, 5) is 33.9. The molecule has 0 spiro atoms. The SMILES string of the molecule is Cc1cc(Nc2nc(N[C@H](CCCN)[C@H](C)N(C(=O)O)C(C)(C)C)c(F)cc2C(N)=O)cnc1C. The van der Waals surface area contributed by atoms with Gasteiger partial charge in [0.05, 0.1) is 23.5 Å². The first kappa shape index (κ1) is 27.8. The Balaban J connectivity index is 2.48. The molecule has 0 aliphatic heterocycles. The summed E-state index contributed by atoms with van der Waals surface area (Å²) in [6.45, 7) is 11.3. The van der Waals surface area contributed by atoms with Crippen molar-refractivity contribution in [2.24, 2.45) is 11.5 Å². The van der Waals surface area contributed by atoms with Crippen LogP contribution < -0.4 is 22.1 Å². The molecule has 0 unspecified atom stereocenters. The van der Waals surface area contributed by atoms with E-state index in [0.29, 0.717) is 25.1 Å². The van der Waals surface area contributed by atoms with Crippen LogP contribution in [-0.4, -0.2) is 56.1 Å². The van der Waals surface area contributed by atoms with Gasteiger partial charge < -0.3 is 27.2 Å². The Morgan fingerprint density at radius 2 is 1.89 bits per heavy atom. The van der Waals surface area contributed by atoms with Gasteiger partial charge in [-0.15, -0.1) is 0 Å². The highest BCUT2D eigenvalue weighted by molar-refractivity contribution is 5.98. The number of primary amides is 1. The number of aryl methyl sites for hydroxylation is 2. The third-order valence-corrected chi connectivity index (χ3v) is 5.80. The van der Waals surface area contributed by atoms with Gasteiger partial charge in [-0.05, 0) is 78.6 Å². The molecule has 7 N–H and O–H groups in total. The molecule has 192 valence electrons. The molecule has 0 fully saturated rings. The zero-order chi connectivity index (χ0) is 26.5. The van der Waals surface area contributed by atoms with Crippen molar-refractivity contribution in [1.82, 2.24) is 14.9 Å². The quantitative estimate of drug-likeness (QED) is 0.337. The minimum absolute atomic E-state index is 0.0580. The Hall–Kier alpha value is -3.47. The monoisotopic (exact) mass is 489 g/mol. The van der Waals surface area contributed by atoms with Crippen molar-refractivity contribution in [3.8, 4) is 0 Å². The highest BCUT2D eigenvalue weighted by atomic mass is 19.1. The summed E-state index contributed by atoms with van der Waals surface area (Å²) in [7, 11) is 0. The molecule has 0 bridgehead atoms. The fourth-order valence-corrected chi connectivity index (χ4v) is 3.92. The molecular formula is C24H36FN7O3. The number of carboxylic acid groups (broad SMARTS) is 1. The average molecular weight is 490 g/mol. The number of halogens is 1. The number of carbonyl (C=O) groups excluding carboxylic acids is 1. The molecule has 0 aliphatic rings. The van der Waals surface area contributed by atoms with E-state index in [1.165, 1.54) is 4.90 Å². The first-order chi connectivity index (χ1) is 16.3. The summed E-state index contributed by atoms with van der Waals surface area (Å²) < 4.78 is 15.1. The number of hydrogen-bond acceptors (Lipinski definition) is 7. The van der Waals surface area contributed by atoms with E-state index in [9.17, 15) is 14.7 Å². The van der Waals surface area contributed by atoms with Crippen molar-refractivity contribution in [3.63, 3.8) is 0 Å². The second-order valence-corrected chi connectivity index (χ2v) is 9.58. The van der Waals surface area contributed by atoms with E-state index in [4.69, 9.17) is 11.5 Å². The van der Waals surface area contributed by atoms with E-state index in [0.717, 1.165) is 17.3 Å². The molecule has 35 heavy (non-hydrogen) atoms. The van der Waals surface area contributed by atoms with Gasteiger partial charge >= 0.3 is 6.09 Å². The second-order valence-electron chi connectivity index (χ2n) is 9.58. The van der Waals surface area contributed by atoms with Crippen LogP contribution in [0.25, 0.3) is 0 Å². The zero-order valence-electron chi connectivity index (χ0n) is 21.1. The van der Waals surface area contributed by atoms with Gasteiger partial charge in [0.15, 0.2) is 11.6 Å². The van der Waals surface area contributed by atoms with Gasteiger partial charge in [0.1, 0.15) is 5.82 Å². The van der Waals surface area contributed by atoms with Crippen LogP contribution in [0.2, 0.25) is 0 Å². The number of rotatable bonds is 10. The van der Waals surface area contributed by atoms with Gasteiger partial charge in [-0.1, -0.05) is 0 Å². The third-order valence-electron chi connectivity index (χ3n) is 5.80. The van der Waals surface area contributed by atoms with Crippen LogP contribution in [0.15, 0.2) is 18.3 Å². The van der Waals surface area contributed by atoms with Crippen LogP contribution in [0.1, 0.15) is 62.2 Å². The van der Waals surface area contributed by atoms with Crippen LogP contribution >= 0.6 is 0 Å². The molecule has 11 heteroatoms. The highest BCUT2D eigenvalue weighted by Crippen LogP contribution is 2.27. The van der Waals surface area contributed by atoms with Crippen LogP contribution in [0.3, 0.4) is 0 Å². The topological polar surface area (TPSA) is 159 Å². The molecular weight excluding hydrogens is 453 g/mol. The molecule has 2 heterocycles. The van der Waals surface area contributed by atoms with Crippen molar-refractivity contribution in [2.45, 2.75) is 72.0 Å². The smallest absolute Gasteiger partial charge is 0.408 e. The summed E-state index contributed by atoms with van der Waals surface area (Å²) in [5.41, 5.74) is 12.7. The van der Waals surface area contributed by atoms with E-state index in [1.54, 1.807) is 33.9 Å². The van der Waals surface area contributed by atoms with Crippen molar-refractivity contribution in [3.05, 3.63) is 41.0 Å². The van der Waals surface area contributed by atoms with Crippen LogP contribution in [0.5, 0.6) is 0 Å². The van der Waals surface area contributed by atoms with Gasteiger partial charge in [0.2, 0.25) is 0 Å². The second kappa shape index (κ2) is 11.3. The Morgan fingerprint density at radius 1 is 1.23 bits per heavy atom. The third kappa shape index (κ3) is 7.01. The number of aromatic nitrogens is 2. The summed E-state index contributed by atoms with van der Waals surface area (Å²) >= 11 is 0. The lowest BCUT2D eigenvalue weighted by Crippen LogP contribution is -2.56. The Morgan fingerprint density at radius 3 is 2.40 bits per heavy atom. The van der Waals surface area contributed by atoms with Gasteiger partial charge in [-0.25, -0.2) is 14.2 Å². The molecule has 2 atom stereocenters. The van der Waals surface area contributed by atoms with Crippen molar-refractivity contribution in [2.75, 3.05) is 17.2 Å². The molecule has 10 nitrogen and oxygen atoms in total. The standard InChI is InChI=1S/C24H36FN7O3/c1-13-10-16(12-28-14(13)2)29-21-17(20(27)33)11-18(25)22(31-21)30-19(8-7-9-26)15(3)32(23(34)35)24(4,5)6/h10-12,15,19H,7-9,26H2,1-6H3,(H2,27,33)(H,34,35)(H2,29,30,31)/t15-,19+/m0/s1. The average Bonchev–Trinajstić information content (AvgIpc) is 2.73. The highest BCUT2D eigenvalue weighted by Gasteiger charge is 2.35. The summed E-state index contributed by atoms with van der Waals surface area (Å²) in [5, 5.41) is 15.9. The predicted octanol–water partition coefficient (Wildman–Crippen LogP) is 3.76. The van der Waals surface area contributed by atoms with Crippen LogP contribution in [0, 0.1) is 19.7 Å². The Kier molecular flexibility index (Phi) is 8.97. The molecule has 2 aromatic heterocycles. The minimum Gasteiger partial charge on any atom is -0.465 e. The van der Waals surface area contributed by atoms with Gasteiger partial charge in [-0.3, -0.25) is 14.7 Å². The molecule has 2 rings (SSSR count). The molecule has 2 aromatic rings. The summed E-state index contributed by atoms with van der Waals surface area (Å²) in [6, 6.07) is 1.78. The van der Waals surface area contributed by atoms with Crippen molar-refractivity contribution in [1.29, 1.82) is 0 Å². The number of nitrogens with two attached hydrogens (primary N) is 2. The van der Waals surface area contributed by atoms with E-state index < -0.39 is 35.4 Å². The van der Waals surface area contributed by atoms with Crippen molar-refractivity contribution >= 4 is 29.3 Å². The Bertz CT molecular complexity index is 1070. The van der Waals surface area contributed by atoms with Gasteiger partial charge in [0, 0.05) is 17.3 Å². The number of nitrogens with one attached hydrogen (secondary N) is 2. The summed E-state index contributed by atoms with van der Waals surface area (Å²) in [5.74, 6) is -1.71. The fourth-order valence-electron chi connectivity index (χ4n) is 3.92. The largest absolute Gasteiger partial charge is 0.465 e. The number of nitrogens with zero attached hydrogens (tertiary/aromatic N) is 3. The number of amides is 2. The van der Waals surface area contributed by atoms with E-state index in [1.807, 2.05) is 19.9 Å². The lowest BCUT2D eigenvalue weighted by molar-refractivity contribution is 0.0682. The minimum atomic E-state index is -1.09. The normalized spacial score (nSPS) is 13.1. The molecule has 0 aliphatic carbocycles. The van der Waals surface area contributed by atoms with E-state index >= 15 is 4.39 Å². The van der Waals surface area contributed by atoms with Crippen LogP contribution in [-0.2, 0) is 0 Å². The maximum Gasteiger partial charge on any atom is 0.408 e. The lowest BCUT2D eigenvalue weighted by atomic mass is 9.97. The predicted molar refractivity (Wildman–Crippen MR) is 134 cm³/mol. The van der Waals surface area contributed by atoms with Crippen LogP contribution in [0.4, 0.5) is 26.5 Å². The van der Waals surface area contributed by atoms with Gasteiger partial charge in [-0.2, -0.15) is 0 Å². The first-order valence-electron chi connectivity index (χ1n) is 11.5. The number of pyridine rings is 2. The van der Waals surface area contributed by atoms with E-state index in [2.05, 4.69) is 20.6 Å². The van der Waals surface area contributed by atoms with Gasteiger partial charge in [0.25, 0.3) is 5.91 Å².